The number of anilines is 1. The minimum Gasteiger partial charge on any atom is -0.487 e. The molecule has 0 spiro atoms. The van der Waals surface area contributed by atoms with Gasteiger partial charge in [-0.05, 0) is 42.5 Å². The molecule has 1 saturated heterocycles. The summed E-state index contributed by atoms with van der Waals surface area (Å²) >= 11 is 0. The van der Waals surface area contributed by atoms with E-state index < -0.39 is 0 Å². The summed E-state index contributed by atoms with van der Waals surface area (Å²) in [4.78, 5) is 7.35. The minimum atomic E-state index is 0.562. The summed E-state index contributed by atoms with van der Waals surface area (Å²) in [6.45, 7) is 5.07. The monoisotopic (exact) mass is 332 g/mol. The molecule has 0 aliphatic carbocycles. The average Bonchev–Trinajstić information content (AvgIpc) is 2.67. The van der Waals surface area contributed by atoms with Crippen LogP contribution in [0.3, 0.4) is 0 Å². The lowest BCUT2D eigenvalue weighted by Gasteiger charge is -2.32. The van der Waals surface area contributed by atoms with Crippen LogP contribution in [0.5, 0.6) is 5.75 Å². The highest BCUT2D eigenvalue weighted by Crippen LogP contribution is 2.29. The van der Waals surface area contributed by atoms with Crippen LogP contribution in [0.1, 0.15) is 25.3 Å². The molecule has 3 heteroatoms. The first kappa shape index (κ1) is 15.9. The van der Waals surface area contributed by atoms with E-state index in [2.05, 4.69) is 42.2 Å². The van der Waals surface area contributed by atoms with Crippen LogP contribution in [-0.4, -0.2) is 18.1 Å². The van der Waals surface area contributed by atoms with Gasteiger partial charge < -0.3 is 9.64 Å². The van der Waals surface area contributed by atoms with Crippen molar-refractivity contribution in [3.63, 3.8) is 0 Å². The van der Waals surface area contributed by atoms with Crippen LogP contribution in [0.2, 0.25) is 0 Å². The predicted molar refractivity (Wildman–Crippen MR) is 103 cm³/mol. The SMILES string of the molecule is CC1CCCN(c2ccc3cccc(OCc4ccccc4)c3n2)C1. The van der Waals surface area contributed by atoms with Gasteiger partial charge in [0.05, 0.1) is 0 Å². The van der Waals surface area contributed by atoms with Gasteiger partial charge in [0, 0.05) is 18.5 Å². The van der Waals surface area contributed by atoms with E-state index in [-0.39, 0.29) is 0 Å². The van der Waals surface area contributed by atoms with Gasteiger partial charge in [0.15, 0.2) is 0 Å². The normalized spacial score (nSPS) is 17.6. The van der Waals surface area contributed by atoms with Crippen LogP contribution in [-0.2, 0) is 6.61 Å². The Hall–Kier alpha value is -2.55. The molecule has 1 aliphatic heterocycles. The highest BCUT2D eigenvalue weighted by atomic mass is 16.5. The van der Waals surface area contributed by atoms with E-state index in [9.17, 15) is 0 Å². The van der Waals surface area contributed by atoms with E-state index in [1.54, 1.807) is 0 Å². The van der Waals surface area contributed by atoms with Crippen molar-refractivity contribution in [2.24, 2.45) is 5.92 Å². The Labute approximate surface area is 149 Å². The van der Waals surface area contributed by atoms with E-state index in [1.807, 2.05) is 30.3 Å². The number of pyridine rings is 1. The Balaban J connectivity index is 1.61. The second-order valence-corrected chi connectivity index (χ2v) is 6.97. The Morgan fingerprint density at radius 2 is 1.92 bits per heavy atom. The Bertz CT molecular complexity index is 847. The zero-order chi connectivity index (χ0) is 17.1. The second-order valence-electron chi connectivity index (χ2n) is 6.97. The number of nitrogens with zero attached hydrogens (tertiary/aromatic N) is 2. The molecular formula is C22H24N2O. The standard InChI is InChI=1S/C22H24N2O/c1-17-7-6-14-24(15-17)21-13-12-19-10-5-11-20(22(19)23-21)25-16-18-8-3-2-4-9-18/h2-5,8-13,17H,6-7,14-16H2,1H3. The zero-order valence-electron chi connectivity index (χ0n) is 14.7. The number of hydrogen-bond acceptors (Lipinski definition) is 3. The summed E-state index contributed by atoms with van der Waals surface area (Å²) in [6, 6.07) is 20.7. The van der Waals surface area contributed by atoms with Crippen LogP contribution >= 0.6 is 0 Å². The quantitative estimate of drug-likeness (QED) is 0.668. The molecule has 0 saturated carbocycles. The number of hydrogen-bond donors (Lipinski definition) is 0. The van der Waals surface area contributed by atoms with Crippen LogP contribution in [0, 0.1) is 5.92 Å². The van der Waals surface area contributed by atoms with E-state index >= 15 is 0 Å². The maximum atomic E-state index is 6.09. The van der Waals surface area contributed by atoms with E-state index in [1.165, 1.54) is 18.4 Å². The largest absolute Gasteiger partial charge is 0.487 e. The van der Waals surface area contributed by atoms with Crippen LogP contribution in [0.4, 0.5) is 5.82 Å². The first-order valence-electron chi connectivity index (χ1n) is 9.11. The molecule has 1 aliphatic rings. The van der Waals surface area contributed by atoms with Crippen molar-refractivity contribution in [2.75, 3.05) is 18.0 Å². The van der Waals surface area contributed by atoms with Gasteiger partial charge in [-0.15, -0.1) is 0 Å². The molecule has 25 heavy (non-hydrogen) atoms. The molecule has 1 aromatic heterocycles. The number of ether oxygens (including phenoxy) is 1. The first-order chi connectivity index (χ1) is 12.3. The third kappa shape index (κ3) is 3.60. The zero-order valence-corrected chi connectivity index (χ0v) is 14.7. The number of para-hydroxylation sites is 1. The van der Waals surface area contributed by atoms with Crippen LogP contribution in [0.25, 0.3) is 10.9 Å². The molecule has 128 valence electrons. The summed E-state index contributed by atoms with van der Waals surface area (Å²) in [5.41, 5.74) is 2.12. The highest BCUT2D eigenvalue weighted by Gasteiger charge is 2.18. The average molecular weight is 332 g/mol. The van der Waals surface area contributed by atoms with Crippen molar-refractivity contribution in [1.29, 1.82) is 0 Å². The molecule has 3 aromatic rings. The van der Waals surface area contributed by atoms with Gasteiger partial charge in [-0.1, -0.05) is 49.4 Å². The van der Waals surface area contributed by atoms with Crippen LogP contribution < -0.4 is 9.64 Å². The Kier molecular flexibility index (Phi) is 4.55. The summed E-state index contributed by atoms with van der Waals surface area (Å²) < 4.78 is 6.09. The van der Waals surface area contributed by atoms with Gasteiger partial charge in [0.1, 0.15) is 23.7 Å². The van der Waals surface area contributed by atoms with Gasteiger partial charge in [0.25, 0.3) is 0 Å². The third-order valence-corrected chi connectivity index (χ3v) is 4.89. The molecule has 3 nitrogen and oxygen atoms in total. The van der Waals surface area contributed by atoms with E-state index in [4.69, 9.17) is 9.72 Å². The molecule has 2 heterocycles. The van der Waals surface area contributed by atoms with Gasteiger partial charge in [-0.2, -0.15) is 0 Å². The van der Waals surface area contributed by atoms with E-state index in [0.29, 0.717) is 6.61 Å². The lowest BCUT2D eigenvalue weighted by molar-refractivity contribution is 0.309. The molecule has 1 atom stereocenters. The van der Waals surface area contributed by atoms with Crippen LogP contribution in [0.15, 0.2) is 60.7 Å². The predicted octanol–water partition coefficient (Wildman–Crippen LogP) is 5.05. The molecular weight excluding hydrogens is 308 g/mol. The number of benzene rings is 2. The van der Waals surface area contributed by atoms with Gasteiger partial charge in [0.2, 0.25) is 0 Å². The van der Waals surface area contributed by atoms with Crippen molar-refractivity contribution in [3.05, 3.63) is 66.2 Å². The fourth-order valence-corrected chi connectivity index (χ4v) is 3.53. The fourth-order valence-electron chi connectivity index (χ4n) is 3.53. The van der Waals surface area contributed by atoms with Gasteiger partial charge in [-0.25, -0.2) is 4.98 Å². The summed E-state index contributed by atoms with van der Waals surface area (Å²) in [6.07, 6.45) is 2.56. The summed E-state index contributed by atoms with van der Waals surface area (Å²) in [7, 11) is 0. The third-order valence-electron chi connectivity index (χ3n) is 4.89. The van der Waals surface area contributed by atoms with Crippen molar-refractivity contribution >= 4 is 16.7 Å². The number of aromatic nitrogens is 1. The van der Waals surface area contributed by atoms with E-state index in [0.717, 1.165) is 41.5 Å². The van der Waals surface area contributed by atoms with Crippen molar-refractivity contribution < 1.29 is 4.74 Å². The summed E-state index contributed by atoms with van der Waals surface area (Å²) in [5.74, 6) is 2.65. The second kappa shape index (κ2) is 7.14. The number of rotatable bonds is 4. The number of fused-ring (bicyclic) bond motifs is 1. The van der Waals surface area contributed by atoms with Crippen molar-refractivity contribution in [1.82, 2.24) is 4.98 Å². The minimum absolute atomic E-state index is 0.562. The van der Waals surface area contributed by atoms with Crippen molar-refractivity contribution in [3.8, 4) is 5.75 Å². The van der Waals surface area contributed by atoms with Gasteiger partial charge >= 0.3 is 0 Å². The first-order valence-corrected chi connectivity index (χ1v) is 9.11. The number of piperidine rings is 1. The lowest BCUT2D eigenvalue weighted by Crippen LogP contribution is -2.34. The maximum Gasteiger partial charge on any atom is 0.146 e. The molecule has 2 aromatic carbocycles. The molecule has 0 bridgehead atoms. The van der Waals surface area contributed by atoms with Crippen molar-refractivity contribution in [2.45, 2.75) is 26.4 Å². The smallest absolute Gasteiger partial charge is 0.146 e. The lowest BCUT2D eigenvalue weighted by atomic mass is 10.0. The topological polar surface area (TPSA) is 25.4 Å². The molecule has 1 fully saturated rings. The molecule has 0 N–H and O–H groups in total. The molecule has 0 amide bonds. The summed E-state index contributed by atoms with van der Waals surface area (Å²) in [5, 5.41) is 1.12. The maximum absolute atomic E-state index is 6.09. The highest BCUT2D eigenvalue weighted by molar-refractivity contribution is 5.86. The van der Waals surface area contributed by atoms with Gasteiger partial charge in [-0.3, -0.25) is 0 Å². The fraction of sp³-hybridized carbons (Fsp3) is 0.318. The Morgan fingerprint density at radius 3 is 2.76 bits per heavy atom. The Morgan fingerprint density at radius 1 is 1.04 bits per heavy atom. The molecule has 1 unspecified atom stereocenters. The molecule has 0 radical (unpaired) electrons. The molecule has 4 rings (SSSR count).